The number of pyridine rings is 1. The van der Waals surface area contributed by atoms with Crippen LogP contribution in [0, 0.1) is 11.3 Å². The van der Waals surface area contributed by atoms with Crippen molar-refractivity contribution in [3.8, 4) is 6.07 Å². The molecular weight excluding hydrogens is 226 g/mol. The molecular formula is C14H17N3O. The second-order valence-corrected chi connectivity index (χ2v) is 4.70. The zero-order chi connectivity index (χ0) is 12.8. The van der Waals surface area contributed by atoms with Gasteiger partial charge in [-0.3, -0.25) is 9.78 Å². The van der Waals surface area contributed by atoms with E-state index in [4.69, 9.17) is 5.26 Å². The van der Waals surface area contributed by atoms with E-state index in [1.54, 1.807) is 6.07 Å². The molecule has 1 aliphatic rings. The third-order valence-electron chi connectivity index (χ3n) is 3.31. The standard InChI is InChI=1S/C14H17N3O/c15-10-11-7-8-16-13(9-11)14(18)17-12-5-3-1-2-4-6-12/h7-9,12H,1-6H2,(H,17,18). The molecule has 1 aromatic heterocycles. The fourth-order valence-corrected chi connectivity index (χ4v) is 2.31. The Kier molecular flexibility index (Phi) is 4.30. The average Bonchev–Trinajstić information content (AvgIpc) is 2.67. The Morgan fingerprint density at radius 2 is 2.06 bits per heavy atom. The van der Waals surface area contributed by atoms with E-state index in [1.807, 2.05) is 6.07 Å². The van der Waals surface area contributed by atoms with Crippen molar-refractivity contribution in [2.75, 3.05) is 0 Å². The first-order valence-electron chi connectivity index (χ1n) is 6.46. The number of rotatable bonds is 2. The van der Waals surface area contributed by atoms with Gasteiger partial charge in [0.15, 0.2) is 0 Å². The average molecular weight is 243 g/mol. The molecule has 1 aromatic rings. The zero-order valence-corrected chi connectivity index (χ0v) is 10.4. The maximum absolute atomic E-state index is 12.0. The van der Waals surface area contributed by atoms with Crippen molar-refractivity contribution < 1.29 is 4.79 Å². The fourth-order valence-electron chi connectivity index (χ4n) is 2.31. The summed E-state index contributed by atoms with van der Waals surface area (Å²) in [5.74, 6) is -0.168. The van der Waals surface area contributed by atoms with Crippen LogP contribution in [0.5, 0.6) is 0 Å². The minimum Gasteiger partial charge on any atom is -0.348 e. The first-order valence-corrected chi connectivity index (χ1v) is 6.46. The molecule has 0 atom stereocenters. The first-order chi connectivity index (χ1) is 8.79. The van der Waals surface area contributed by atoms with Gasteiger partial charge in [-0.05, 0) is 25.0 Å². The van der Waals surface area contributed by atoms with Crippen molar-refractivity contribution >= 4 is 5.91 Å². The van der Waals surface area contributed by atoms with E-state index in [9.17, 15) is 4.79 Å². The number of amides is 1. The van der Waals surface area contributed by atoms with Crippen LogP contribution in [0.1, 0.15) is 54.6 Å². The van der Waals surface area contributed by atoms with Crippen molar-refractivity contribution in [1.29, 1.82) is 5.26 Å². The van der Waals surface area contributed by atoms with Crippen LogP contribution in [0.15, 0.2) is 18.3 Å². The lowest BCUT2D eigenvalue weighted by Gasteiger charge is -2.15. The molecule has 1 amide bonds. The molecule has 0 aromatic carbocycles. The normalized spacial score (nSPS) is 16.6. The number of aromatic nitrogens is 1. The summed E-state index contributed by atoms with van der Waals surface area (Å²) in [4.78, 5) is 16.0. The van der Waals surface area contributed by atoms with Crippen molar-refractivity contribution in [2.24, 2.45) is 0 Å². The highest BCUT2D eigenvalue weighted by molar-refractivity contribution is 5.92. The molecule has 4 heteroatoms. The van der Waals surface area contributed by atoms with Gasteiger partial charge in [0.25, 0.3) is 5.91 Å². The van der Waals surface area contributed by atoms with Gasteiger partial charge in [0.05, 0.1) is 11.6 Å². The summed E-state index contributed by atoms with van der Waals surface area (Å²) in [5, 5.41) is 11.8. The summed E-state index contributed by atoms with van der Waals surface area (Å²) in [5.41, 5.74) is 0.800. The molecule has 1 aliphatic carbocycles. The molecule has 18 heavy (non-hydrogen) atoms. The van der Waals surface area contributed by atoms with Gasteiger partial charge >= 0.3 is 0 Å². The van der Waals surface area contributed by atoms with Gasteiger partial charge in [-0.1, -0.05) is 25.7 Å². The zero-order valence-electron chi connectivity index (χ0n) is 10.4. The summed E-state index contributed by atoms with van der Waals surface area (Å²) in [6, 6.07) is 5.41. The third kappa shape index (κ3) is 3.30. The highest BCUT2D eigenvalue weighted by Crippen LogP contribution is 2.17. The molecule has 1 saturated carbocycles. The summed E-state index contributed by atoms with van der Waals surface area (Å²) in [6.07, 6.45) is 8.46. The van der Waals surface area contributed by atoms with E-state index in [0.717, 1.165) is 12.8 Å². The Bertz CT molecular complexity index is 456. The van der Waals surface area contributed by atoms with Crippen LogP contribution in [0.2, 0.25) is 0 Å². The predicted octanol–water partition coefficient (Wildman–Crippen LogP) is 2.41. The molecule has 0 aliphatic heterocycles. The molecule has 1 N–H and O–H groups in total. The van der Waals surface area contributed by atoms with Crippen LogP contribution < -0.4 is 5.32 Å². The molecule has 4 nitrogen and oxygen atoms in total. The highest BCUT2D eigenvalue weighted by atomic mass is 16.1. The molecule has 0 saturated heterocycles. The number of nitrogens with zero attached hydrogens (tertiary/aromatic N) is 2. The molecule has 94 valence electrons. The van der Waals surface area contributed by atoms with E-state index in [2.05, 4.69) is 10.3 Å². The number of nitriles is 1. The quantitative estimate of drug-likeness (QED) is 0.811. The predicted molar refractivity (Wildman–Crippen MR) is 67.9 cm³/mol. The van der Waals surface area contributed by atoms with Crippen LogP contribution in [0.3, 0.4) is 0 Å². The monoisotopic (exact) mass is 243 g/mol. The van der Waals surface area contributed by atoms with Crippen LogP contribution >= 0.6 is 0 Å². The van der Waals surface area contributed by atoms with Gasteiger partial charge in [0.2, 0.25) is 0 Å². The number of hydrogen-bond acceptors (Lipinski definition) is 3. The van der Waals surface area contributed by atoms with Crippen LogP contribution in [0.4, 0.5) is 0 Å². The largest absolute Gasteiger partial charge is 0.348 e. The Hall–Kier alpha value is -1.89. The van der Waals surface area contributed by atoms with E-state index < -0.39 is 0 Å². The molecule has 1 fully saturated rings. The van der Waals surface area contributed by atoms with Crippen LogP contribution in [-0.2, 0) is 0 Å². The Balaban J connectivity index is 2.00. The van der Waals surface area contributed by atoms with E-state index in [0.29, 0.717) is 11.3 Å². The van der Waals surface area contributed by atoms with Gasteiger partial charge in [-0.15, -0.1) is 0 Å². The maximum atomic E-state index is 12.0. The molecule has 1 heterocycles. The topological polar surface area (TPSA) is 65.8 Å². The summed E-state index contributed by atoms with van der Waals surface area (Å²) in [7, 11) is 0. The van der Waals surface area contributed by atoms with Crippen LogP contribution in [-0.4, -0.2) is 16.9 Å². The van der Waals surface area contributed by atoms with Gasteiger partial charge < -0.3 is 5.32 Å². The molecule has 0 bridgehead atoms. The number of hydrogen-bond donors (Lipinski definition) is 1. The van der Waals surface area contributed by atoms with Crippen molar-refractivity contribution in [3.63, 3.8) is 0 Å². The second kappa shape index (κ2) is 6.15. The third-order valence-corrected chi connectivity index (χ3v) is 3.31. The number of nitrogens with one attached hydrogen (secondary N) is 1. The highest BCUT2D eigenvalue weighted by Gasteiger charge is 2.16. The van der Waals surface area contributed by atoms with Gasteiger partial charge in [-0.25, -0.2) is 0 Å². The van der Waals surface area contributed by atoms with Gasteiger partial charge in [0, 0.05) is 12.2 Å². The van der Waals surface area contributed by atoms with Crippen LogP contribution in [0.25, 0.3) is 0 Å². The van der Waals surface area contributed by atoms with E-state index >= 15 is 0 Å². The summed E-state index contributed by atoms with van der Waals surface area (Å²) in [6.45, 7) is 0. The summed E-state index contributed by atoms with van der Waals surface area (Å²) >= 11 is 0. The second-order valence-electron chi connectivity index (χ2n) is 4.70. The van der Waals surface area contributed by atoms with E-state index in [1.165, 1.54) is 37.9 Å². The van der Waals surface area contributed by atoms with Crippen molar-refractivity contribution in [1.82, 2.24) is 10.3 Å². The molecule has 0 radical (unpaired) electrons. The first kappa shape index (κ1) is 12.6. The lowest BCUT2D eigenvalue weighted by Crippen LogP contribution is -2.34. The smallest absolute Gasteiger partial charge is 0.270 e. The minimum atomic E-state index is -0.168. The number of carbonyl (C=O) groups is 1. The van der Waals surface area contributed by atoms with E-state index in [-0.39, 0.29) is 11.9 Å². The minimum absolute atomic E-state index is 0.168. The Morgan fingerprint density at radius 1 is 1.33 bits per heavy atom. The molecule has 0 unspecified atom stereocenters. The van der Waals surface area contributed by atoms with Gasteiger partial charge in [0.1, 0.15) is 5.69 Å². The Labute approximate surface area is 107 Å². The number of carbonyl (C=O) groups excluding carboxylic acids is 1. The lowest BCUT2D eigenvalue weighted by molar-refractivity contribution is 0.0928. The Morgan fingerprint density at radius 3 is 2.72 bits per heavy atom. The lowest BCUT2D eigenvalue weighted by atomic mass is 10.1. The SMILES string of the molecule is N#Cc1ccnc(C(=O)NC2CCCCCC2)c1. The fraction of sp³-hybridized carbons (Fsp3) is 0.500. The van der Waals surface area contributed by atoms with Gasteiger partial charge in [-0.2, -0.15) is 5.26 Å². The molecule has 0 spiro atoms. The maximum Gasteiger partial charge on any atom is 0.270 e. The van der Waals surface area contributed by atoms with Crippen molar-refractivity contribution in [3.05, 3.63) is 29.6 Å². The summed E-state index contributed by atoms with van der Waals surface area (Å²) < 4.78 is 0. The molecule has 2 rings (SSSR count). The van der Waals surface area contributed by atoms with Crippen molar-refractivity contribution in [2.45, 2.75) is 44.6 Å².